The molecule has 1 saturated heterocycles. The van der Waals surface area contributed by atoms with Crippen LogP contribution in [0, 0.1) is 0 Å². The minimum Gasteiger partial charge on any atom is -0.366 e. The Morgan fingerprint density at radius 2 is 1.92 bits per heavy atom. The molecule has 0 aromatic heterocycles. The van der Waals surface area contributed by atoms with E-state index in [9.17, 15) is 4.79 Å². The van der Waals surface area contributed by atoms with Crippen molar-refractivity contribution in [2.45, 2.75) is 44.7 Å². The van der Waals surface area contributed by atoms with Gasteiger partial charge in [0.1, 0.15) is 0 Å². The molecule has 1 aromatic rings. The smallest absolute Gasteiger partial charge is 0.255 e. The van der Waals surface area contributed by atoms with Gasteiger partial charge in [-0.05, 0) is 44.2 Å². The summed E-state index contributed by atoms with van der Waals surface area (Å²) >= 11 is 0. The molecule has 2 atom stereocenters. The zero-order valence-corrected chi connectivity index (χ0v) is 15.1. The van der Waals surface area contributed by atoms with Crippen LogP contribution in [0.1, 0.15) is 31.7 Å². The highest BCUT2D eigenvalue weighted by molar-refractivity contribution is 5.96. The molecule has 0 radical (unpaired) electrons. The molecule has 4 nitrogen and oxygen atoms in total. The SMILES string of the molecule is C[C@H]1C=CC(C(=O)N2CCCCC2)=CN1C(CN)Cc1ccccc1. The fourth-order valence-corrected chi connectivity index (χ4v) is 3.70. The van der Waals surface area contributed by atoms with Crippen molar-refractivity contribution in [1.29, 1.82) is 0 Å². The standard InChI is InChI=1S/C21H29N3O/c1-17-10-11-19(21(25)23-12-6-3-7-13-23)16-24(17)20(15-22)14-18-8-4-2-5-9-18/h2,4-5,8-11,16-17,20H,3,6-7,12-15,22H2,1H3/t17-,20?/m0/s1. The molecule has 1 amide bonds. The molecule has 134 valence electrons. The van der Waals surface area contributed by atoms with E-state index in [0.29, 0.717) is 6.54 Å². The van der Waals surface area contributed by atoms with Crippen molar-refractivity contribution in [2.75, 3.05) is 19.6 Å². The number of nitrogens with zero attached hydrogens (tertiary/aromatic N) is 2. The first-order chi connectivity index (χ1) is 12.2. The van der Waals surface area contributed by atoms with Gasteiger partial charge < -0.3 is 15.5 Å². The zero-order chi connectivity index (χ0) is 17.6. The molecule has 1 aromatic carbocycles. The van der Waals surface area contributed by atoms with Crippen LogP contribution in [0.5, 0.6) is 0 Å². The first-order valence-corrected chi connectivity index (χ1v) is 9.40. The number of benzene rings is 1. The van der Waals surface area contributed by atoms with Crippen molar-refractivity contribution in [3.63, 3.8) is 0 Å². The lowest BCUT2D eigenvalue weighted by Gasteiger charge is -2.37. The Morgan fingerprint density at radius 1 is 1.20 bits per heavy atom. The Morgan fingerprint density at radius 3 is 2.60 bits per heavy atom. The third kappa shape index (κ3) is 4.31. The predicted molar refractivity (Wildman–Crippen MR) is 102 cm³/mol. The maximum absolute atomic E-state index is 12.8. The van der Waals surface area contributed by atoms with Gasteiger partial charge in [-0.15, -0.1) is 0 Å². The fourth-order valence-electron chi connectivity index (χ4n) is 3.70. The molecule has 0 bridgehead atoms. The maximum Gasteiger partial charge on any atom is 0.255 e. The zero-order valence-electron chi connectivity index (χ0n) is 15.1. The second kappa shape index (κ2) is 8.34. The maximum atomic E-state index is 12.8. The summed E-state index contributed by atoms with van der Waals surface area (Å²) in [4.78, 5) is 17.1. The highest BCUT2D eigenvalue weighted by atomic mass is 16.2. The van der Waals surface area contributed by atoms with E-state index in [1.165, 1.54) is 12.0 Å². The first-order valence-electron chi connectivity index (χ1n) is 9.40. The number of amides is 1. The van der Waals surface area contributed by atoms with Gasteiger partial charge in [0.25, 0.3) is 5.91 Å². The Kier molecular flexibility index (Phi) is 5.92. The van der Waals surface area contributed by atoms with Crippen molar-refractivity contribution < 1.29 is 4.79 Å². The summed E-state index contributed by atoms with van der Waals surface area (Å²) in [6.07, 6.45) is 10.5. The van der Waals surface area contributed by atoms with E-state index >= 15 is 0 Å². The number of carbonyl (C=O) groups is 1. The summed E-state index contributed by atoms with van der Waals surface area (Å²) in [6, 6.07) is 10.9. The molecule has 0 saturated carbocycles. The summed E-state index contributed by atoms with van der Waals surface area (Å²) in [5, 5.41) is 0. The third-order valence-electron chi connectivity index (χ3n) is 5.21. The van der Waals surface area contributed by atoms with Crippen LogP contribution in [0.3, 0.4) is 0 Å². The average molecular weight is 339 g/mol. The van der Waals surface area contributed by atoms with Gasteiger partial charge in [-0.1, -0.05) is 36.4 Å². The van der Waals surface area contributed by atoms with E-state index in [0.717, 1.165) is 37.9 Å². The van der Waals surface area contributed by atoms with Crippen LogP contribution in [0.25, 0.3) is 0 Å². The van der Waals surface area contributed by atoms with Crippen molar-refractivity contribution in [3.8, 4) is 0 Å². The van der Waals surface area contributed by atoms with Crippen LogP contribution in [0.15, 0.2) is 54.3 Å². The summed E-state index contributed by atoms with van der Waals surface area (Å²) in [5.41, 5.74) is 8.15. The largest absolute Gasteiger partial charge is 0.366 e. The summed E-state index contributed by atoms with van der Waals surface area (Å²) in [7, 11) is 0. The van der Waals surface area contributed by atoms with Crippen LogP contribution in [0.2, 0.25) is 0 Å². The van der Waals surface area contributed by atoms with Gasteiger partial charge in [-0.2, -0.15) is 0 Å². The Bertz CT molecular complexity index is 632. The number of carbonyl (C=O) groups excluding carboxylic acids is 1. The fraction of sp³-hybridized carbons (Fsp3) is 0.476. The lowest BCUT2D eigenvalue weighted by molar-refractivity contribution is -0.127. The van der Waals surface area contributed by atoms with Crippen LogP contribution in [-0.2, 0) is 11.2 Å². The van der Waals surface area contributed by atoms with Crippen LogP contribution in [-0.4, -0.2) is 47.4 Å². The lowest BCUT2D eigenvalue weighted by Crippen LogP contribution is -2.45. The topological polar surface area (TPSA) is 49.6 Å². The number of piperidine rings is 1. The third-order valence-corrected chi connectivity index (χ3v) is 5.21. The van der Waals surface area contributed by atoms with E-state index in [1.54, 1.807) is 0 Å². The van der Waals surface area contributed by atoms with Crippen molar-refractivity contribution in [1.82, 2.24) is 9.80 Å². The van der Waals surface area contributed by atoms with Crippen molar-refractivity contribution in [2.24, 2.45) is 5.73 Å². The molecular weight excluding hydrogens is 310 g/mol. The molecule has 0 spiro atoms. The highest BCUT2D eigenvalue weighted by Crippen LogP contribution is 2.21. The average Bonchev–Trinajstić information content (AvgIpc) is 2.67. The lowest BCUT2D eigenvalue weighted by atomic mass is 10.00. The molecule has 0 aliphatic carbocycles. The molecule has 2 N–H and O–H groups in total. The Hall–Kier alpha value is -2.07. The van der Waals surface area contributed by atoms with E-state index in [-0.39, 0.29) is 18.0 Å². The molecule has 4 heteroatoms. The minimum absolute atomic E-state index is 0.156. The van der Waals surface area contributed by atoms with Crippen molar-refractivity contribution >= 4 is 5.91 Å². The first kappa shape index (κ1) is 17.7. The number of hydrogen-bond donors (Lipinski definition) is 1. The predicted octanol–water partition coefficient (Wildman–Crippen LogP) is 2.71. The van der Waals surface area contributed by atoms with E-state index in [4.69, 9.17) is 5.73 Å². The number of likely N-dealkylation sites (tertiary alicyclic amines) is 1. The van der Waals surface area contributed by atoms with Gasteiger partial charge >= 0.3 is 0 Å². The van der Waals surface area contributed by atoms with Gasteiger partial charge in [0, 0.05) is 37.9 Å². The van der Waals surface area contributed by atoms with Crippen LogP contribution >= 0.6 is 0 Å². The summed E-state index contributed by atoms with van der Waals surface area (Å²) in [5.74, 6) is 0.156. The number of hydrogen-bond acceptors (Lipinski definition) is 3. The molecule has 1 fully saturated rings. The number of nitrogens with two attached hydrogens (primary N) is 1. The Labute approximate surface area is 151 Å². The molecule has 2 heterocycles. The van der Waals surface area contributed by atoms with Gasteiger partial charge in [-0.3, -0.25) is 4.79 Å². The second-order valence-electron chi connectivity index (χ2n) is 7.06. The molecule has 2 aliphatic rings. The Balaban J connectivity index is 1.75. The monoisotopic (exact) mass is 339 g/mol. The van der Waals surface area contributed by atoms with E-state index in [2.05, 4.69) is 42.2 Å². The summed E-state index contributed by atoms with van der Waals surface area (Å²) < 4.78 is 0. The minimum atomic E-state index is 0.156. The van der Waals surface area contributed by atoms with E-state index in [1.807, 2.05) is 23.2 Å². The molecule has 25 heavy (non-hydrogen) atoms. The van der Waals surface area contributed by atoms with Gasteiger partial charge in [0.05, 0.1) is 5.57 Å². The highest BCUT2D eigenvalue weighted by Gasteiger charge is 2.26. The molecule has 2 aliphatic heterocycles. The van der Waals surface area contributed by atoms with Crippen LogP contribution < -0.4 is 5.73 Å². The molecule has 3 rings (SSSR count). The second-order valence-corrected chi connectivity index (χ2v) is 7.06. The normalized spacial score (nSPS) is 21.8. The van der Waals surface area contributed by atoms with Crippen molar-refractivity contribution in [3.05, 3.63) is 59.8 Å². The quantitative estimate of drug-likeness (QED) is 0.897. The summed E-state index contributed by atoms with van der Waals surface area (Å²) in [6.45, 7) is 4.48. The molecular formula is C21H29N3O. The van der Waals surface area contributed by atoms with Gasteiger partial charge in [0.2, 0.25) is 0 Å². The molecule has 1 unspecified atom stereocenters. The number of rotatable bonds is 5. The van der Waals surface area contributed by atoms with E-state index < -0.39 is 0 Å². The van der Waals surface area contributed by atoms with Gasteiger partial charge in [-0.25, -0.2) is 0 Å². The van der Waals surface area contributed by atoms with Gasteiger partial charge in [0.15, 0.2) is 0 Å². The van der Waals surface area contributed by atoms with Crippen LogP contribution in [0.4, 0.5) is 0 Å².